The van der Waals surface area contributed by atoms with E-state index in [-0.39, 0.29) is 0 Å². The van der Waals surface area contributed by atoms with Crippen LogP contribution in [0.25, 0.3) is 10.8 Å². The van der Waals surface area contributed by atoms with E-state index in [1.807, 2.05) is 11.8 Å². The van der Waals surface area contributed by atoms with Gasteiger partial charge in [-0.15, -0.1) is 11.8 Å². The molecule has 0 heterocycles. The predicted octanol–water partition coefficient (Wildman–Crippen LogP) is 3.88. The van der Waals surface area contributed by atoms with Crippen LogP contribution >= 0.6 is 24.4 Å². The molecule has 1 nitrogen and oxygen atoms in total. The Morgan fingerprint density at radius 1 is 1.00 bits per heavy atom. The molecule has 0 aliphatic carbocycles. The van der Waals surface area contributed by atoms with Gasteiger partial charge in [-0.2, -0.15) is 12.6 Å². The van der Waals surface area contributed by atoms with Crippen LogP contribution in [0.15, 0.2) is 47.4 Å². The van der Waals surface area contributed by atoms with E-state index in [0.29, 0.717) is 0 Å². The number of ether oxygens (including phenoxy) is 1. The Balaban J connectivity index is 1.90. The number of fused-ring (bicyclic) bond motifs is 1. The van der Waals surface area contributed by atoms with Crippen molar-refractivity contribution in [2.45, 2.75) is 4.90 Å². The number of thioether (sulfide) groups is 1. The highest BCUT2D eigenvalue weighted by Gasteiger charge is 1.97. The second kappa shape index (κ2) is 6.94. The van der Waals surface area contributed by atoms with Crippen molar-refractivity contribution < 1.29 is 4.74 Å². The highest BCUT2D eigenvalue weighted by atomic mass is 32.2. The molecule has 17 heavy (non-hydrogen) atoms. The molecule has 2 aromatic rings. The fourth-order valence-corrected chi connectivity index (χ4v) is 2.58. The molecule has 2 aromatic carbocycles. The Morgan fingerprint density at radius 2 is 1.82 bits per heavy atom. The lowest BCUT2D eigenvalue weighted by Crippen LogP contribution is -1.99. The normalized spacial score (nSPS) is 10.9. The molecule has 0 saturated heterocycles. The first-order chi connectivity index (χ1) is 8.40. The summed E-state index contributed by atoms with van der Waals surface area (Å²) in [6.45, 7) is 1.53. The van der Waals surface area contributed by atoms with Crippen molar-refractivity contribution in [3.05, 3.63) is 42.5 Å². The molecule has 0 fully saturated rings. The maximum atomic E-state index is 5.39. The summed E-state index contributed by atoms with van der Waals surface area (Å²) >= 11 is 5.94. The molecule has 0 bridgehead atoms. The average molecular weight is 264 g/mol. The zero-order chi connectivity index (χ0) is 11.9. The van der Waals surface area contributed by atoms with Crippen LogP contribution in [-0.2, 0) is 4.74 Å². The molecule has 0 atom stereocenters. The Morgan fingerprint density at radius 3 is 2.65 bits per heavy atom. The quantitative estimate of drug-likeness (QED) is 0.482. The summed E-state index contributed by atoms with van der Waals surface area (Å²) in [6.07, 6.45) is 0. The molecule has 0 aromatic heterocycles. The van der Waals surface area contributed by atoms with Crippen LogP contribution in [0.5, 0.6) is 0 Å². The Labute approximate surface area is 112 Å². The van der Waals surface area contributed by atoms with Crippen molar-refractivity contribution in [1.29, 1.82) is 0 Å². The van der Waals surface area contributed by atoms with Crippen LogP contribution in [0.2, 0.25) is 0 Å². The van der Waals surface area contributed by atoms with Gasteiger partial charge >= 0.3 is 0 Å². The summed E-state index contributed by atoms with van der Waals surface area (Å²) in [5.41, 5.74) is 0. The van der Waals surface area contributed by atoms with Crippen molar-refractivity contribution in [3.8, 4) is 0 Å². The second-order valence-corrected chi connectivity index (χ2v) is 5.31. The number of hydrogen-bond donors (Lipinski definition) is 1. The molecule has 3 heteroatoms. The molecule has 0 aliphatic heterocycles. The minimum absolute atomic E-state index is 0.737. The molecule has 0 unspecified atom stereocenters. The van der Waals surface area contributed by atoms with Gasteiger partial charge in [0.2, 0.25) is 0 Å². The van der Waals surface area contributed by atoms with Gasteiger partial charge in [0.05, 0.1) is 13.2 Å². The van der Waals surface area contributed by atoms with Crippen molar-refractivity contribution >= 4 is 35.2 Å². The lowest BCUT2D eigenvalue weighted by Gasteiger charge is -2.04. The van der Waals surface area contributed by atoms with Crippen LogP contribution in [0.1, 0.15) is 0 Å². The summed E-state index contributed by atoms with van der Waals surface area (Å²) in [6, 6.07) is 15.0. The molecule has 0 amide bonds. The summed E-state index contributed by atoms with van der Waals surface area (Å²) in [4.78, 5) is 1.30. The monoisotopic (exact) mass is 264 g/mol. The maximum absolute atomic E-state index is 5.39. The minimum Gasteiger partial charge on any atom is -0.380 e. The van der Waals surface area contributed by atoms with E-state index in [4.69, 9.17) is 4.74 Å². The van der Waals surface area contributed by atoms with Crippen molar-refractivity contribution in [1.82, 2.24) is 0 Å². The molecule has 2 rings (SSSR count). The van der Waals surface area contributed by atoms with E-state index in [2.05, 4.69) is 55.1 Å². The third kappa shape index (κ3) is 3.95. The second-order valence-electron chi connectivity index (χ2n) is 3.69. The van der Waals surface area contributed by atoms with E-state index in [1.54, 1.807) is 0 Å². The fourth-order valence-electron chi connectivity index (χ4n) is 1.64. The number of thiol groups is 1. The predicted molar refractivity (Wildman–Crippen MR) is 79.3 cm³/mol. The first kappa shape index (κ1) is 12.8. The SMILES string of the molecule is SCCOCCSc1ccc2ccccc2c1. The third-order valence-corrected chi connectivity index (χ3v) is 3.59. The zero-order valence-corrected chi connectivity index (χ0v) is 11.3. The molecule has 90 valence electrons. The lowest BCUT2D eigenvalue weighted by atomic mass is 10.1. The van der Waals surface area contributed by atoms with Crippen LogP contribution < -0.4 is 0 Å². The topological polar surface area (TPSA) is 9.23 Å². The lowest BCUT2D eigenvalue weighted by molar-refractivity contribution is 0.167. The van der Waals surface area contributed by atoms with Gasteiger partial charge in [0.15, 0.2) is 0 Å². The highest BCUT2D eigenvalue weighted by Crippen LogP contribution is 2.23. The first-order valence-corrected chi connectivity index (χ1v) is 7.32. The summed E-state index contributed by atoms with van der Waals surface area (Å²) < 4.78 is 5.39. The van der Waals surface area contributed by atoms with Crippen LogP contribution in [-0.4, -0.2) is 24.7 Å². The van der Waals surface area contributed by atoms with E-state index < -0.39 is 0 Å². The van der Waals surface area contributed by atoms with Gasteiger partial charge in [-0.1, -0.05) is 30.3 Å². The van der Waals surface area contributed by atoms with Crippen LogP contribution in [0, 0.1) is 0 Å². The average Bonchev–Trinajstić information content (AvgIpc) is 2.38. The molecule has 0 spiro atoms. The Hall–Kier alpha value is -0.640. The summed E-state index contributed by atoms with van der Waals surface area (Å²) in [5, 5.41) is 2.59. The highest BCUT2D eigenvalue weighted by molar-refractivity contribution is 7.99. The van der Waals surface area contributed by atoms with E-state index >= 15 is 0 Å². The first-order valence-electron chi connectivity index (χ1n) is 5.70. The summed E-state index contributed by atoms with van der Waals surface area (Å²) in [7, 11) is 0. The number of benzene rings is 2. The van der Waals surface area contributed by atoms with E-state index in [0.717, 1.165) is 24.7 Å². The standard InChI is InChI=1S/C14H16OS2/c16-9-7-15-8-10-17-14-6-5-12-3-1-2-4-13(12)11-14/h1-6,11,16H,7-10H2. The molecular weight excluding hydrogens is 248 g/mol. The third-order valence-electron chi connectivity index (χ3n) is 2.45. The molecule has 0 N–H and O–H groups in total. The van der Waals surface area contributed by atoms with Gasteiger partial charge in [-0.05, 0) is 22.9 Å². The van der Waals surface area contributed by atoms with E-state index in [1.165, 1.54) is 15.7 Å². The van der Waals surface area contributed by atoms with Crippen molar-refractivity contribution in [3.63, 3.8) is 0 Å². The van der Waals surface area contributed by atoms with Gasteiger partial charge in [0.25, 0.3) is 0 Å². The Kier molecular flexibility index (Phi) is 5.23. The smallest absolute Gasteiger partial charge is 0.0560 e. The largest absolute Gasteiger partial charge is 0.380 e. The van der Waals surface area contributed by atoms with Crippen molar-refractivity contribution in [2.24, 2.45) is 0 Å². The maximum Gasteiger partial charge on any atom is 0.0560 e. The minimum atomic E-state index is 0.737. The van der Waals surface area contributed by atoms with Gasteiger partial charge < -0.3 is 4.74 Å². The number of hydrogen-bond acceptors (Lipinski definition) is 3. The van der Waals surface area contributed by atoms with Crippen LogP contribution in [0.3, 0.4) is 0 Å². The van der Waals surface area contributed by atoms with Gasteiger partial charge in [-0.25, -0.2) is 0 Å². The fraction of sp³-hybridized carbons (Fsp3) is 0.286. The number of rotatable bonds is 6. The van der Waals surface area contributed by atoms with Gasteiger partial charge in [0, 0.05) is 16.4 Å². The van der Waals surface area contributed by atoms with Crippen LogP contribution in [0.4, 0.5) is 0 Å². The molecule has 0 saturated carbocycles. The zero-order valence-electron chi connectivity index (χ0n) is 9.63. The summed E-state index contributed by atoms with van der Waals surface area (Å²) in [5.74, 6) is 1.78. The van der Waals surface area contributed by atoms with E-state index in [9.17, 15) is 0 Å². The molecule has 0 aliphatic rings. The molecular formula is C14H16OS2. The Bertz CT molecular complexity index is 470. The van der Waals surface area contributed by atoms with Gasteiger partial charge in [0.1, 0.15) is 0 Å². The molecule has 0 radical (unpaired) electrons. The van der Waals surface area contributed by atoms with Gasteiger partial charge in [-0.3, -0.25) is 0 Å². The van der Waals surface area contributed by atoms with Crippen molar-refractivity contribution in [2.75, 3.05) is 24.7 Å².